The summed E-state index contributed by atoms with van der Waals surface area (Å²) in [6, 6.07) is 6.29. The molecule has 9 nitrogen and oxygen atoms in total. The van der Waals surface area contributed by atoms with Crippen LogP contribution in [0.25, 0.3) is 5.69 Å². The summed E-state index contributed by atoms with van der Waals surface area (Å²) < 4.78 is 31.3. The standard InChI is InChI=1S/C16H19N7O2S/c1-16(2)10-23(14(16)15-17-7-8-21(15)3)26(24,25)13-6-4-5-12(9-13)22-11-18-19-20-22/h4-9,11,14H,10H2,1-3H3. The third-order valence-corrected chi connectivity index (χ3v) is 6.54. The number of aromatic nitrogens is 6. The smallest absolute Gasteiger partial charge is 0.243 e. The third kappa shape index (κ3) is 2.53. The second kappa shape index (κ2) is 5.71. The monoisotopic (exact) mass is 373 g/mol. The van der Waals surface area contributed by atoms with E-state index in [0.717, 1.165) is 5.82 Å². The van der Waals surface area contributed by atoms with Gasteiger partial charge in [0.1, 0.15) is 12.2 Å². The van der Waals surface area contributed by atoms with E-state index in [1.807, 2.05) is 17.8 Å². The van der Waals surface area contributed by atoms with E-state index in [1.165, 1.54) is 15.3 Å². The van der Waals surface area contributed by atoms with Crippen LogP contribution in [0.4, 0.5) is 0 Å². The van der Waals surface area contributed by atoms with Crippen molar-refractivity contribution < 1.29 is 8.42 Å². The third-order valence-electron chi connectivity index (χ3n) is 4.73. The number of sulfonamides is 1. The first kappa shape index (κ1) is 16.9. The zero-order chi connectivity index (χ0) is 18.5. The minimum Gasteiger partial charge on any atom is -0.337 e. The molecule has 1 saturated heterocycles. The summed E-state index contributed by atoms with van der Waals surface area (Å²) in [6.45, 7) is 4.54. The molecule has 2 aromatic heterocycles. The molecule has 1 aliphatic heterocycles. The van der Waals surface area contributed by atoms with Crippen LogP contribution in [0.3, 0.4) is 0 Å². The molecule has 3 heterocycles. The average molecular weight is 373 g/mol. The van der Waals surface area contributed by atoms with Gasteiger partial charge in [-0.2, -0.15) is 4.31 Å². The normalized spacial score (nSPS) is 20.0. The molecule has 1 atom stereocenters. The van der Waals surface area contributed by atoms with Crippen molar-refractivity contribution in [1.29, 1.82) is 0 Å². The quantitative estimate of drug-likeness (QED) is 0.681. The number of tetrazole rings is 1. The van der Waals surface area contributed by atoms with Crippen molar-refractivity contribution in [3.63, 3.8) is 0 Å². The first-order valence-corrected chi connectivity index (χ1v) is 9.57. The van der Waals surface area contributed by atoms with Crippen LogP contribution in [0, 0.1) is 5.41 Å². The summed E-state index contributed by atoms with van der Waals surface area (Å²) in [5.74, 6) is 0.737. The molecule has 1 aromatic carbocycles. The minimum absolute atomic E-state index is 0.195. The second-order valence-corrected chi connectivity index (χ2v) is 8.98. The molecule has 26 heavy (non-hydrogen) atoms. The Balaban J connectivity index is 1.73. The molecule has 1 aliphatic rings. The Labute approximate surface area is 151 Å². The molecule has 1 fully saturated rings. The Bertz CT molecular complexity index is 1040. The highest BCUT2D eigenvalue weighted by molar-refractivity contribution is 7.89. The van der Waals surface area contributed by atoms with Crippen molar-refractivity contribution >= 4 is 10.0 Å². The second-order valence-electron chi connectivity index (χ2n) is 7.09. The van der Waals surface area contributed by atoms with Crippen molar-refractivity contribution in [2.45, 2.75) is 24.8 Å². The fraction of sp³-hybridized carbons (Fsp3) is 0.375. The van der Waals surface area contributed by atoms with Crippen molar-refractivity contribution in [3.05, 3.63) is 48.8 Å². The Hall–Kier alpha value is -2.59. The van der Waals surface area contributed by atoms with Crippen LogP contribution in [0.1, 0.15) is 25.7 Å². The fourth-order valence-corrected chi connectivity index (χ4v) is 5.35. The molecule has 0 saturated carbocycles. The number of imidazole rings is 1. The van der Waals surface area contributed by atoms with Crippen LogP contribution in [-0.2, 0) is 17.1 Å². The maximum atomic E-state index is 13.3. The van der Waals surface area contributed by atoms with E-state index in [2.05, 4.69) is 34.4 Å². The molecule has 3 aromatic rings. The number of hydrogen-bond acceptors (Lipinski definition) is 6. The lowest BCUT2D eigenvalue weighted by atomic mass is 9.76. The van der Waals surface area contributed by atoms with Crippen LogP contribution in [0.5, 0.6) is 0 Å². The van der Waals surface area contributed by atoms with E-state index >= 15 is 0 Å². The summed E-state index contributed by atoms with van der Waals surface area (Å²) in [5, 5.41) is 11.0. The fourth-order valence-electron chi connectivity index (χ4n) is 3.40. The summed E-state index contributed by atoms with van der Waals surface area (Å²) in [4.78, 5) is 4.58. The molecular weight excluding hydrogens is 354 g/mol. The van der Waals surface area contributed by atoms with Crippen molar-refractivity contribution in [1.82, 2.24) is 34.1 Å². The topological polar surface area (TPSA) is 98.8 Å². The predicted molar refractivity (Wildman–Crippen MR) is 92.8 cm³/mol. The molecule has 136 valence electrons. The maximum Gasteiger partial charge on any atom is 0.243 e. The lowest BCUT2D eigenvalue weighted by Crippen LogP contribution is -2.58. The first-order chi connectivity index (χ1) is 12.3. The molecule has 0 N–H and O–H groups in total. The lowest BCUT2D eigenvalue weighted by Gasteiger charge is -2.52. The largest absolute Gasteiger partial charge is 0.337 e. The highest BCUT2D eigenvalue weighted by Crippen LogP contribution is 2.50. The maximum absolute atomic E-state index is 13.3. The van der Waals surface area contributed by atoms with E-state index in [4.69, 9.17) is 0 Å². The van der Waals surface area contributed by atoms with Gasteiger partial charge in [-0.1, -0.05) is 19.9 Å². The van der Waals surface area contributed by atoms with Gasteiger partial charge in [0, 0.05) is 31.4 Å². The van der Waals surface area contributed by atoms with Crippen LogP contribution in [0.15, 0.2) is 47.9 Å². The average Bonchev–Trinajstić information content (AvgIpc) is 3.26. The highest BCUT2D eigenvalue weighted by atomic mass is 32.2. The minimum atomic E-state index is -3.68. The number of nitrogens with zero attached hydrogens (tertiary/aromatic N) is 7. The van der Waals surface area contributed by atoms with Gasteiger partial charge in [-0.3, -0.25) is 0 Å². The van der Waals surface area contributed by atoms with Gasteiger partial charge in [-0.15, -0.1) is 5.10 Å². The molecule has 0 aliphatic carbocycles. The summed E-state index contributed by atoms with van der Waals surface area (Å²) >= 11 is 0. The van der Waals surface area contributed by atoms with E-state index in [-0.39, 0.29) is 16.4 Å². The van der Waals surface area contributed by atoms with Gasteiger partial charge in [-0.05, 0) is 28.6 Å². The van der Waals surface area contributed by atoms with Gasteiger partial charge in [-0.25, -0.2) is 18.1 Å². The van der Waals surface area contributed by atoms with Gasteiger partial charge in [0.25, 0.3) is 0 Å². The van der Waals surface area contributed by atoms with Gasteiger partial charge in [0.15, 0.2) is 0 Å². The Kier molecular flexibility index (Phi) is 3.70. The summed E-state index contributed by atoms with van der Waals surface area (Å²) in [5.41, 5.74) is 0.393. The Morgan fingerprint density at radius 1 is 1.27 bits per heavy atom. The van der Waals surface area contributed by atoms with Crippen molar-refractivity contribution in [3.8, 4) is 5.69 Å². The van der Waals surface area contributed by atoms with Gasteiger partial charge in [0.05, 0.1) is 16.6 Å². The highest BCUT2D eigenvalue weighted by Gasteiger charge is 2.54. The molecule has 4 rings (SSSR count). The molecule has 1 unspecified atom stereocenters. The lowest BCUT2D eigenvalue weighted by molar-refractivity contribution is 0.0120. The summed E-state index contributed by atoms with van der Waals surface area (Å²) in [6.07, 6.45) is 4.94. The number of hydrogen-bond donors (Lipinski definition) is 0. The molecule has 10 heteroatoms. The van der Waals surface area contributed by atoms with Crippen LogP contribution in [-0.4, -0.2) is 49.0 Å². The number of aryl methyl sites for hydroxylation is 1. The van der Waals surface area contributed by atoms with Crippen LogP contribution >= 0.6 is 0 Å². The predicted octanol–water partition coefficient (Wildman–Crippen LogP) is 1.17. The number of rotatable bonds is 4. The first-order valence-electron chi connectivity index (χ1n) is 8.13. The van der Waals surface area contributed by atoms with Gasteiger partial charge >= 0.3 is 0 Å². The van der Waals surface area contributed by atoms with E-state index in [1.54, 1.807) is 30.5 Å². The van der Waals surface area contributed by atoms with E-state index in [9.17, 15) is 8.42 Å². The zero-order valence-corrected chi connectivity index (χ0v) is 15.5. The van der Waals surface area contributed by atoms with Crippen molar-refractivity contribution in [2.75, 3.05) is 6.54 Å². The Morgan fingerprint density at radius 2 is 2.08 bits per heavy atom. The number of benzene rings is 1. The zero-order valence-electron chi connectivity index (χ0n) is 14.7. The van der Waals surface area contributed by atoms with Gasteiger partial charge in [0.2, 0.25) is 10.0 Å². The molecule has 0 radical (unpaired) electrons. The summed E-state index contributed by atoms with van der Waals surface area (Å²) in [7, 11) is -1.81. The molecule has 0 bridgehead atoms. The van der Waals surface area contributed by atoms with Gasteiger partial charge < -0.3 is 4.57 Å². The molecule has 0 spiro atoms. The molecular formula is C16H19N7O2S. The molecule has 0 amide bonds. The van der Waals surface area contributed by atoms with E-state index in [0.29, 0.717) is 12.2 Å². The van der Waals surface area contributed by atoms with Crippen LogP contribution < -0.4 is 0 Å². The Morgan fingerprint density at radius 3 is 2.69 bits per heavy atom. The van der Waals surface area contributed by atoms with Crippen LogP contribution in [0.2, 0.25) is 0 Å². The van der Waals surface area contributed by atoms with E-state index < -0.39 is 10.0 Å². The SMILES string of the molecule is Cn1ccnc1C1N(S(=O)(=O)c2cccc(-n3cnnn3)c2)CC1(C)C. The van der Waals surface area contributed by atoms with Crippen molar-refractivity contribution in [2.24, 2.45) is 12.5 Å².